The lowest BCUT2D eigenvalue weighted by molar-refractivity contribution is -0.120. The van der Waals surface area contributed by atoms with E-state index in [1.165, 1.54) is 19.3 Å². The number of carbonyl (C=O) groups excluding carboxylic acids is 2. The van der Waals surface area contributed by atoms with Crippen molar-refractivity contribution in [2.24, 2.45) is 0 Å². The van der Waals surface area contributed by atoms with E-state index >= 15 is 0 Å². The maximum atomic E-state index is 12.7. The number of nitrogens with zero attached hydrogens (tertiary/aromatic N) is 4. The van der Waals surface area contributed by atoms with Crippen molar-refractivity contribution in [1.82, 2.24) is 14.8 Å². The number of amides is 2. The van der Waals surface area contributed by atoms with Gasteiger partial charge >= 0.3 is 0 Å². The highest BCUT2D eigenvalue weighted by atomic mass is 16.5. The maximum Gasteiger partial charge on any atom is 0.254 e. The molecule has 0 N–H and O–H groups in total. The fourth-order valence-electron chi connectivity index (χ4n) is 4.80. The first-order chi connectivity index (χ1) is 15.7. The standard InChI is InChI=1S/C25H30N4O3/c30-24-18-28(25(31)19-8-12-26-13-9-19)16-17-29(24)21-4-6-22(7-5-21)32-23-10-14-27(15-11-23)20-2-1-3-20/h4-9,12-13,20,23H,1-3,10-11,14-18H2. The van der Waals surface area contributed by atoms with E-state index < -0.39 is 0 Å². The zero-order valence-electron chi connectivity index (χ0n) is 18.4. The third-order valence-corrected chi connectivity index (χ3v) is 6.95. The molecule has 2 saturated heterocycles. The highest BCUT2D eigenvalue weighted by molar-refractivity contribution is 6.01. The number of hydrogen-bond donors (Lipinski definition) is 0. The van der Waals surface area contributed by atoms with Crippen molar-refractivity contribution in [2.45, 2.75) is 44.2 Å². The minimum atomic E-state index is -0.132. The molecule has 1 aromatic heterocycles. The summed E-state index contributed by atoms with van der Waals surface area (Å²) in [6, 6.07) is 12.0. The fourth-order valence-corrected chi connectivity index (χ4v) is 4.80. The fraction of sp³-hybridized carbons (Fsp3) is 0.480. The second-order valence-electron chi connectivity index (χ2n) is 8.94. The van der Waals surface area contributed by atoms with Crippen molar-refractivity contribution in [2.75, 3.05) is 37.6 Å². The molecule has 0 bridgehead atoms. The van der Waals surface area contributed by atoms with E-state index in [0.717, 1.165) is 43.4 Å². The van der Waals surface area contributed by atoms with Crippen LogP contribution < -0.4 is 9.64 Å². The van der Waals surface area contributed by atoms with Crippen LogP contribution in [-0.2, 0) is 4.79 Å². The number of pyridine rings is 1. The van der Waals surface area contributed by atoms with Gasteiger partial charge in [0.15, 0.2) is 0 Å². The lowest BCUT2D eigenvalue weighted by Gasteiger charge is -2.41. The molecule has 0 spiro atoms. The van der Waals surface area contributed by atoms with Crippen LogP contribution in [0.5, 0.6) is 5.75 Å². The summed E-state index contributed by atoms with van der Waals surface area (Å²) < 4.78 is 6.21. The van der Waals surface area contributed by atoms with Crippen molar-refractivity contribution in [3.05, 3.63) is 54.4 Å². The van der Waals surface area contributed by atoms with E-state index in [-0.39, 0.29) is 24.5 Å². The molecule has 0 unspecified atom stereocenters. The third-order valence-electron chi connectivity index (χ3n) is 6.95. The van der Waals surface area contributed by atoms with Gasteiger partial charge in [-0.3, -0.25) is 14.6 Å². The zero-order chi connectivity index (χ0) is 21.9. The maximum absolute atomic E-state index is 12.7. The first-order valence-electron chi connectivity index (χ1n) is 11.7. The van der Waals surface area contributed by atoms with Crippen LogP contribution >= 0.6 is 0 Å². The monoisotopic (exact) mass is 434 g/mol. The summed E-state index contributed by atoms with van der Waals surface area (Å²) in [6.45, 7) is 3.33. The molecule has 2 aliphatic heterocycles. The molecule has 1 saturated carbocycles. The number of ether oxygens (including phenoxy) is 1. The Bertz CT molecular complexity index is 937. The topological polar surface area (TPSA) is 66.0 Å². The molecule has 2 aromatic rings. The predicted octanol–water partition coefficient (Wildman–Crippen LogP) is 2.97. The Morgan fingerprint density at radius 3 is 2.25 bits per heavy atom. The third kappa shape index (κ3) is 4.48. The van der Waals surface area contributed by atoms with Gasteiger partial charge in [0.25, 0.3) is 5.91 Å². The Balaban J connectivity index is 1.13. The van der Waals surface area contributed by atoms with E-state index in [2.05, 4.69) is 9.88 Å². The summed E-state index contributed by atoms with van der Waals surface area (Å²) in [5, 5.41) is 0. The molecule has 7 nitrogen and oxygen atoms in total. The Labute approximate surface area is 189 Å². The van der Waals surface area contributed by atoms with Crippen LogP contribution in [0.2, 0.25) is 0 Å². The molecule has 1 aromatic carbocycles. The Morgan fingerprint density at radius 1 is 0.906 bits per heavy atom. The van der Waals surface area contributed by atoms with Gasteiger partial charge in [-0.05, 0) is 62.1 Å². The normalized spacial score (nSPS) is 20.8. The number of hydrogen-bond acceptors (Lipinski definition) is 5. The molecule has 0 radical (unpaired) electrons. The van der Waals surface area contributed by atoms with Gasteiger partial charge in [-0.15, -0.1) is 0 Å². The summed E-state index contributed by atoms with van der Waals surface area (Å²) in [6.07, 6.45) is 9.69. The molecular weight excluding hydrogens is 404 g/mol. The molecule has 0 atom stereocenters. The van der Waals surface area contributed by atoms with Gasteiger partial charge in [-0.2, -0.15) is 0 Å². The Morgan fingerprint density at radius 2 is 1.62 bits per heavy atom. The minimum Gasteiger partial charge on any atom is -0.490 e. The number of benzene rings is 1. The summed E-state index contributed by atoms with van der Waals surface area (Å²) in [4.78, 5) is 35.3. The largest absolute Gasteiger partial charge is 0.490 e. The van der Waals surface area contributed by atoms with Crippen LogP contribution in [0.4, 0.5) is 5.69 Å². The molecule has 3 heterocycles. The van der Waals surface area contributed by atoms with Gasteiger partial charge < -0.3 is 19.4 Å². The van der Waals surface area contributed by atoms with Crippen molar-refractivity contribution < 1.29 is 14.3 Å². The number of rotatable bonds is 5. The van der Waals surface area contributed by atoms with Crippen LogP contribution in [0.15, 0.2) is 48.8 Å². The number of piperazine rings is 1. The summed E-state index contributed by atoms with van der Waals surface area (Å²) >= 11 is 0. The van der Waals surface area contributed by atoms with E-state index in [1.54, 1.807) is 34.3 Å². The second-order valence-corrected chi connectivity index (χ2v) is 8.94. The number of piperidine rings is 1. The molecular formula is C25H30N4O3. The van der Waals surface area contributed by atoms with Crippen molar-refractivity contribution in [1.29, 1.82) is 0 Å². The van der Waals surface area contributed by atoms with Gasteiger partial charge in [-0.1, -0.05) is 6.42 Å². The Hall–Kier alpha value is -2.93. The van der Waals surface area contributed by atoms with Gasteiger partial charge in [0.1, 0.15) is 18.4 Å². The van der Waals surface area contributed by atoms with Crippen LogP contribution in [0.1, 0.15) is 42.5 Å². The average Bonchev–Trinajstić information content (AvgIpc) is 2.80. The molecule has 5 rings (SSSR count). The lowest BCUT2D eigenvalue weighted by Crippen LogP contribution is -2.52. The van der Waals surface area contributed by atoms with Crippen molar-refractivity contribution in [3.63, 3.8) is 0 Å². The van der Waals surface area contributed by atoms with E-state index in [0.29, 0.717) is 18.7 Å². The highest BCUT2D eigenvalue weighted by Crippen LogP contribution is 2.29. The second kappa shape index (κ2) is 9.28. The van der Waals surface area contributed by atoms with Gasteiger partial charge in [-0.25, -0.2) is 0 Å². The number of anilines is 1. The molecule has 2 amide bonds. The average molecular weight is 435 g/mol. The van der Waals surface area contributed by atoms with Crippen LogP contribution in [0.25, 0.3) is 0 Å². The van der Waals surface area contributed by atoms with Gasteiger partial charge in [0, 0.05) is 55.9 Å². The van der Waals surface area contributed by atoms with Gasteiger partial charge in [0.05, 0.1) is 0 Å². The molecule has 32 heavy (non-hydrogen) atoms. The molecule has 3 fully saturated rings. The van der Waals surface area contributed by atoms with Crippen LogP contribution in [-0.4, -0.2) is 71.5 Å². The van der Waals surface area contributed by atoms with Crippen molar-refractivity contribution in [3.8, 4) is 5.75 Å². The molecule has 3 aliphatic rings. The summed E-state index contributed by atoms with van der Waals surface area (Å²) in [5.74, 6) is 0.651. The van der Waals surface area contributed by atoms with Gasteiger partial charge in [0.2, 0.25) is 5.91 Å². The van der Waals surface area contributed by atoms with Crippen LogP contribution in [0.3, 0.4) is 0 Å². The Kier molecular flexibility index (Phi) is 6.08. The zero-order valence-corrected chi connectivity index (χ0v) is 18.4. The smallest absolute Gasteiger partial charge is 0.254 e. The summed E-state index contributed by atoms with van der Waals surface area (Å²) in [7, 11) is 0. The van der Waals surface area contributed by atoms with E-state index in [4.69, 9.17) is 4.74 Å². The minimum absolute atomic E-state index is 0.0734. The molecule has 168 valence electrons. The van der Waals surface area contributed by atoms with Crippen LogP contribution in [0, 0.1) is 0 Å². The molecule has 7 heteroatoms. The predicted molar refractivity (Wildman–Crippen MR) is 122 cm³/mol. The quantitative estimate of drug-likeness (QED) is 0.724. The lowest BCUT2D eigenvalue weighted by atomic mass is 9.90. The first kappa shape index (κ1) is 20.9. The number of aromatic nitrogens is 1. The highest BCUT2D eigenvalue weighted by Gasteiger charge is 2.30. The first-order valence-corrected chi connectivity index (χ1v) is 11.7. The van der Waals surface area contributed by atoms with Crippen molar-refractivity contribution >= 4 is 17.5 Å². The number of likely N-dealkylation sites (tertiary alicyclic amines) is 1. The van der Waals surface area contributed by atoms with E-state index in [1.807, 2.05) is 24.3 Å². The number of carbonyl (C=O) groups is 2. The van der Waals surface area contributed by atoms with E-state index in [9.17, 15) is 9.59 Å². The molecule has 1 aliphatic carbocycles. The SMILES string of the molecule is O=C(c1ccncc1)N1CCN(c2ccc(OC3CCN(C4CCC4)CC3)cc2)C(=O)C1. The summed E-state index contributed by atoms with van der Waals surface area (Å²) in [5.41, 5.74) is 1.40.